The molecule has 0 saturated carbocycles. The lowest BCUT2D eigenvalue weighted by atomic mass is 10.0. The first-order valence-electron chi connectivity index (χ1n) is 7.61. The summed E-state index contributed by atoms with van der Waals surface area (Å²) in [6.07, 6.45) is 1.76. The average molecular weight is 315 g/mol. The van der Waals surface area contributed by atoms with Crippen LogP contribution in [0.15, 0.2) is 42.5 Å². The third-order valence-corrected chi connectivity index (χ3v) is 3.97. The quantitative estimate of drug-likeness (QED) is 0.906. The molecule has 1 aliphatic rings. The zero-order valence-corrected chi connectivity index (χ0v) is 12.6. The molecule has 23 heavy (non-hydrogen) atoms. The molecule has 2 aromatic rings. The molecule has 0 saturated heterocycles. The summed E-state index contributed by atoms with van der Waals surface area (Å²) < 4.78 is 19.0. The molecular weight excluding hydrogens is 297 g/mol. The van der Waals surface area contributed by atoms with Crippen LogP contribution in [-0.4, -0.2) is 17.7 Å². The molecule has 0 spiro atoms. The van der Waals surface area contributed by atoms with E-state index in [0.717, 1.165) is 24.0 Å². The van der Waals surface area contributed by atoms with E-state index in [1.54, 1.807) is 24.3 Å². The number of ether oxygens (including phenoxy) is 1. The summed E-state index contributed by atoms with van der Waals surface area (Å²) in [5, 5.41) is 12.5. The summed E-state index contributed by atoms with van der Waals surface area (Å²) >= 11 is 0. The van der Waals surface area contributed by atoms with Crippen LogP contribution in [0.2, 0.25) is 0 Å². The molecule has 0 aliphatic carbocycles. The molecule has 4 nitrogen and oxygen atoms in total. The van der Waals surface area contributed by atoms with Crippen molar-refractivity contribution in [1.29, 1.82) is 0 Å². The summed E-state index contributed by atoms with van der Waals surface area (Å²) in [5.41, 5.74) is 2.12. The minimum absolute atomic E-state index is 0.0570. The highest BCUT2D eigenvalue weighted by Gasteiger charge is 2.20. The smallest absolute Gasteiger partial charge is 0.335 e. The summed E-state index contributed by atoms with van der Waals surface area (Å²) in [7, 11) is 0. The van der Waals surface area contributed by atoms with Crippen LogP contribution in [0.3, 0.4) is 0 Å². The lowest BCUT2D eigenvalue weighted by molar-refractivity contribution is 0.0696. The fourth-order valence-electron chi connectivity index (χ4n) is 2.81. The Balaban J connectivity index is 1.75. The van der Waals surface area contributed by atoms with Crippen molar-refractivity contribution >= 4 is 5.97 Å². The minimum Gasteiger partial charge on any atom is -0.493 e. The summed E-state index contributed by atoms with van der Waals surface area (Å²) in [5.74, 6) is -0.659. The average Bonchev–Trinajstić information content (AvgIpc) is 2.74. The molecule has 5 heteroatoms. The second-order valence-electron chi connectivity index (χ2n) is 5.61. The van der Waals surface area contributed by atoms with E-state index < -0.39 is 5.97 Å². The van der Waals surface area contributed by atoms with Crippen molar-refractivity contribution < 1.29 is 19.0 Å². The van der Waals surface area contributed by atoms with E-state index in [1.807, 2.05) is 6.07 Å². The Hall–Kier alpha value is -2.40. The van der Waals surface area contributed by atoms with Crippen molar-refractivity contribution in [1.82, 2.24) is 5.32 Å². The highest BCUT2D eigenvalue weighted by molar-refractivity contribution is 5.87. The maximum absolute atomic E-state index is 13.4. The second kappa shape index (κ2) is 6.79. The number of hydrogen-bond donors (Lipinski definition) is 2. The first-order valence-corrected chi connectivity index (χ1v) is 7.61. The van der Waals surface area contributed by atoms with Gasteiger partial charge >= 0.3 is 5.97 Å². The van der Waals surface area contributed by atoms with Gasteiger partial charge < -0.3 is 15.2 Å². The fraction of sp³-hybridized carbons (Fsp3) is 0.278. The number of fused-ring (bicyclic) bond motifs is 1. The number of carboxylic acids is 1. The molecule has 1 atom stereocenters. The van der Waals surface area contributed by atoms with Crippen molar-refractivity contribution in [2.24, 2.45) is 0 Å². The van der Waals surface area contributed by atoms with E-state index in [-0.39, 0.29) is 17.4 Å². The van der Waals surface area contributed by atoms with Crippen LogP contribution in [0.25, 0.3) is 0 Å². The fourth-order valence-corrected chi connectivity index (χ4v) is 2.81. The van der Waals surface area contributed by atoms with E-state index >= 15 is 0 Å². The Bertz CT molecular complexity index is 717. The van der Waals surface area contributed by atoms with Gasteiger partial charge in [0.15, 0.2) is 0 Å². The van der Waals surface area contributed by atoms with Gasteiger partial charge in [-0.05, 0) is 36.6 Å². The van der Waals surface area contributed by atoms with Crippen LogP contribution in [0.1, 0.15) is 40.4 Å². The predicted molar refractivity (Wildman–Crippen MR) is 84.1 cm³/mol. The first kappa shape index (κ1) is 15.5. The summed E-state index contributed by atoms with van der Waals surface area (Å²) in [4.78, 5) is 11.0. The number of rotatable bonds is 4. The van der Waals surface area contributed by atoms with Crippen LogP contribution >= 0.6 is 0 Å². The number of nitrogens with one attached hydrogen (secondary N) is 1. The predicted octanol–water partition coefficient (Wildman–Crippen LogP) is 3.53. The number of hydrogen-bond acceptors (Lipinski definition) is 3. The van der Waals surface area contributed by atoms with Crippen molar-refractivity contribution in [2.75, 3.05) is 6.61 Å². The highest BCUT2D eigenvalue weighted by Crippen LogP contribution is 2.32. The molecule has 0 bridgehead atoms. The summed E-state index contributed by atoms with van der Waals surface area (Å²) in [6, 6.07) is 11.5. The van der Waals surface area contributed by atoms with Gasteiger partial charge in [-0.15, -0.1) is 0 Å². The number of carboxylic acid groups (broad SMARTS) is 1. The maximum Gasteiger partial charge on any atom is 0.335 e. The summed E-state index contributed by atoms with van der Waals surface area (Å²) in [6.45, 7) is 1.12. The van der Waals surface area contributed by atoms with E-state index in [4.69, 9.17) is 9.84 Å². The van der Waals surface area contributed by atoms with Crippen molar-refractivity contribution in [3.8, 4) is 5.75 Å². The Kier molecular flexibility index (Phi) is 4.57. The monoisotopic (exact) mass is 315 g/mol. The number of carbonyl (C=O) groups is 1. The zero-order chi connectivity index (χ0) is 16.2. The van der Waals surface area contributed by atoms with E-state index in [2.05, 4.69) is 5.32 Å². The van der Waals surface area contributed by atoms with Crippen LogP contribution in [0.4, 0.5) is 4.39 Å². The largest absolute Gasteiger partial charge is 0.493 e. The van der Waals surface area contributed by atoms with Gasteiger partial charge in [0.2, 0.25) is 0 Å². The minimum atomic E-state index is -0.935. The number of benzene rings is 2. The Labute approximate surface area is 133 Å². The molecule has 0 fully saturated rings. The lowest BCUT2D eigenvalue weighted by Crippen LogP contribution is -2.20. The standard InChI is InChI=1S/C18H18FNO3/c19-14-6-7-15-16(5-2-8-23-17(15)10-14)20-11-12-3-1-4-13(9-12)18(21)22/h1,3-4,6-7,9-10,16,20H,2,5,8,11H2,(H,21,22). The van der Waals surface area contributed by atoms with Crippen LogP contribution in [0.5, 0.6) is 5.75 Å². The van der Waals surface area contributed by atoms with Crippen LogP contribution < -0.4 is 10.1 Å². The SMILES string of the molecule is O=C(O)c1cccc(CNC2CCCOc3cc(F)ccc32)c1. The third-order valence-electron chi connectivity index (χ3n) is 3.97. The van der Waals surface area contributed by atoms with Crippen molar-refractivity contribution in [3.05, 3.63) is 65.0 Å². The van der Waals surface area contributed by atoms with Gasteiger partial charge in [-0.2, -0.15) is 0 Å². The third kappa shape index (κ3) is 3.68. The highest BCUT2D eigenvalue weighted by atomic mass is 19.1. The van der Waals surface area contributed by atoms with Crippen molar-refractivity contribution in [2.45, 2.75) is 25.4 Å². The van der Waals surface area contributed by atoms with Crippen LogP contribution in [-0.2, 0) is 6.54 Å². The maximum atomic E-state index is 13.4. The first-order chi connectivity index (χ1) is 11.1. The van der Waals surface area contributed by atoms with Gasteiger partial charge in [-0.1, -0.05) is 18.2 Å². The molecule has 3 rings (SSSR count). The van der Waals surface area contributed by atoms with E-state index in [0.29, 0.717) is 18.9 Å². The molecule has 1 unspecified atom stereocenters. The van der Waals surface area contributed by atoms with Gasteiger partial charge in [0.25, 0.3) is 0 Å². The van der Waals surface area contributed by atoms with Gasteiger partial charge in [-0.3, -0.25) is 0 Å². The van der Waals surface area contributed by atoms with E-state index in [1.165, 1.54) is 12.1 Å². The zero-order valence-electron chi connectivity index (χ0n) is 12.6. The van der Waals surface area contributed by atoms with Gasteiger partial charge in [0.1, 0.15) is 11.6 Å². The molecule has 2 N–H and O–H groups in total. The van der Waals surface area contributed by atoms with E-state index in [9.17, 15) is 9.18 Å². The Morgan fingerprint density at radius 1 is 1.30 bits per heavy atom. The molecule has 120 valence electrons. The van der Waals surface area contributed by atoms with Crippen molar-refractivity contribution in [3.63, 3.8) is 0 Å². The second-order valence-corrected chi connectivity index (χ2v) is 5.61. The molecule has 1 aliphatic heterocycles. The number of halogens is 1. The normalized spacial score (nSPS) is 17.0. The van der Waals surface area contributed by atoms with Gasteiger partial charge in [-0.25, -0.2) is 9.18 Å². The molecule has 1 heterocycles. The lowest BCUT2D eigenvalue weighted by Gasteiger charge is -2.18. The Morgan fingerprint density at radius 2 is 2.17 bits per heavy atom. The molecule has 0 radical (unpaired) electrons. The molecule has 2 aromatic carbocycles. The molecule has 0 aromatic heterocycles. The topological polar surface area (TPSA) is 58.6 Å². The molecule has 0 amide bonds. The van der Waals surface area contributed by atoms with Crippen LogP contribution in [0, 0.1) is 5.82 Å². The number of aromatic carboxylic acids is 1. The van der Waals surface area contributed by atoms with Gasteiger partial charge in [0.05, 0.1) is 12.2 Å². The Morgan fingerprint density at radius 3 is 3.00 bits per heavy atom. The molecular formula is C18H18FNO3. The van der Waals surface area contributed by atoms with Gasteiger partial charge in [0, 0.05) is 24.2 Å².